The number of carbonyl (C=O) groups is 2. The van der Waals surface area contributed by atoms with Crippen molar-refractivity contribution in [2.45, 2.75) is 50.3 Å². The van der Waals surface area contributed by atoms with Crippen LogP contribution in [0.1, 0.15) is 27.2 Å². The Labute approximate surface area is 172 Å². The van der Waals surface area contributed by atoms with Crippen molar-refractivity contribution in [3.63, 3.8) is 0 Å². The zero-order valence-electron chi connectivity index (χ0n) is 16.4. The molecule has 0 aliphatic rings. The van der Waals surface area contributed by atoms with Gasteiger partial charge in [0.1, 0.15) is 0 Å². The first-order valence-electron chi connectivity index (χ1n) is 8.23. The molecule has 0 radical (unpaired) electrons. The fourth-order valence-electron chi connectivity index (χ4n) is 1.70. The van der Waals surface area contributed by atoms with E-state index in [0.717, 1.165) is 6.92 Å². The van der Waals surface area contributed by atoms with Crippen LogP contribution in [0.5, 0.6) is 0 Å². The summed E-state index contributed by atoms with van der Waals surface area (Å²) in [4.78, 5) is 23.8. The Kier molecular flexibility index (Phi) is 9.08. The first-order valence-corrected chi connectivity index (χ1v) is 9.67. The van der Waals surface area contributed by atoms with E-state index in [2.05, 4.69) is 16.1 Å². The van der Waals surface area contributed by atoms with E-state index in [9.17, 15) is 48.7 Å². The summed E-state index contributed by atoms with van der Waals surface area (Å²) in [6.45, 7) is 4.35. The van der Waals surface area contributed by atoms with E-state index in [1.54, 1.807) is 5.32 Å². The van der Waals surface area contributed by atoms with E-state index in [1.165, 1.54) is 13.8 Å². The van der Waals surface area contributed by atoms with Crippen molar-refractivity contribution in [1.82, 2.24) is 5.32 Å². The number of hydrogen-bond acceptors (Lipinski definition) is 6. The molecule has 16 heteroatoms. The molecule has 1 atom stereocenters. The van der Waals surface area contributed by atoms with Crippen molar-refractivity contribution < 1.29 is 62.8 Å². The first-order chi connectivity index (χ1) is 13.6. The van der Waals surface area contributed by atoms with E-state index >= 15 is 0 Å². The maximum Gasteiger partial charge on any atom is 0.466 e. The molecule has 0 fully saturated rings. The van der Waals surface area contributed by atoms with Gasteiger partial charge >= 0.3 is 45.1 Å². The molecule has 0 aliphatic heterocycles. The van der Waals surface area contributed by atoms with E-state index in [4.69, 9.17) is 4.55 Å². The average Bonchev–Trinajstić information content (AvgIpc) is 2.55. The Bertz CT molecular complexity index is 796. The van der Waals surface area contributed by atoms with Crippen LogP contribution in [0.4, 0.5) is 30.7 Å². The second-order valence-corrected chi connectivity index (χ2v) is 8.15. The molecule has 8 nitrogen and oxygen atoms in total. The van der Waals surface area contributed by atoms with Crippen LogP contribution in [-0.4, -0.2) is 61.1 Å². The van der Waals surface area contributed by atoms with Gasteiger partial charge in [-0.1, -0.05) is 20.4 Å². The molecule has 0 saturated carbocycles. The minimum Gasteiger partial charge on any atom is -0.412 e. The third-order valence-corrected chi connectivity index (χ3v) is 4.35. The highest BCUT2D eigenvalue weighted by Gasteiger charge is 2.68. The molecule has 1 unspecified atom stereocenters. The Balaban J connectivity index is 6.02. The first kappa shape index (κ1) is 29.1. The molecule has 0 aromatic carbocycles. The standard InChI is InChI=1S/C15H20F7NO7S/c1-8(2)7-23-11(25)13(14(18,19)20,30-10(24)9(3)4)29-6-5-12(16,17)15(21,22)31(26,27)28/h8H,3,5-7H2,1-2,4H3,(H,23,25)(H,26,27,28). The Hall–Kier alpha value is -1.94. The highest BCUT2D eigenvalue weighted by molar-refractivity contribution is 7.87. The summed E-state index contributed by atoms with van der Waals surface area (Å²) in [7, 11) is -6.66. The molecule has 0 aromatic rings. The number of hydrogen-bond donors (Lipinski definition) is 2. The maximum atomic E-state index is 13.7. The number of alkyl halides is 7. The van der Waals surface area contributed by atoms with Crippen LogP contribution in [0.25, 0.3) is 0 Å². The summed E-state index contributed by atoms with van der Waals surface area (Å²) in [5.41, 5.74) is -0.655. The van der Waals surface area contributed by atoms with E-state index in [-0.39, 0.29) is 0 Å². The van der Waals surface area contributed by atoms with Crippen molar-refractivity contribution in [1.29, 1.82) is 0 Å². The fourth-order valence-corrected chi connectivity index (χ4v) is 2.18. The third kappa shape index (κ3) is 6.77. The van der Waals surface area contributed by atoms with Crippen molar-refractivity contribution in [3.05, 3.63) is 12.2 Å². The zero-order chi connectivity index (χ0) is 25.1. The molecule has 1 amide bonds. The predicted octanol–water partition coefficient (Wildman–Crippen LogP) is 2.66. The molecule has 2 N–H and O–H groups in total. The van der Waals surface area contributed by atoms with Gasteiger partial charge in [-0.15, -0.1) is 0 Å². The molecule has 0 aromatic heterocycles. The van der Waals surface area contributed by atoms with Gasteiger partial charge in [0.2, 0.25) is 0 Å². The highest BCUT2D eigenvalue weighted by Crippen LogP contribution is 2.42. The molecule has 182 valence electrons. The van der Waals surface area contributed by atoms with Crippen LogP contribution in [0.3, 0.4) is 0 Å². The van der Waals surface area contributed by atoms with Crippen LogP contribution in [0.2, 0.25) is 0 Å². The lowest BCUT2D eigenvalue weighted by Crippen LogP contribution is -2.62. The lowest BCUT2D eigenvalue weighted by Gasteiger charge is -2.34. The average molecular weight is 491 g/mol. The predicted molar refractivity (Wildman–Crippen MR) is 89.6 cm³/mol. The maximum absolute atomic E-state index is 13.7. The second-order valence-electron chi connectivity index (χ2n) is 6.68. The number of rotatable bonds is 11. The van der Waals surface area contributed by atoms with Gasteiger partial charge in [0.25, 0.3) is 0 Å². The van der Waals surface area contributed by atoms with Gasteiger partial charge in [-0.05, 0) is 12.8 Å². The molecule has 0 aliphatic carbocycles. The SMILES string of the molecule is C=C(C)C(=O)OC(OCCC(F)(F)C(F)(F)S(=O)(=O)O)(C(=O)NCC(C)C)C(F)(F)F. The summed E-state index contributed by atoms with van der Waals surface area (Å²) in [5, 5.41) is -4.37. The Morgan fingerprint density at radius 3 is 1.94 bits per heavy atom. The number of nitrogens with one attached hydrogen (secondary N) is 1. The molecular weight excluding hydrogens is 471 g/mol. The van der Waals surface area contributed by atoms with Gasteiger partial charge in [0.05, 0.1) is 6.61 Å². The molecular formula is C15H20F7NO7S. The van der Waals surface area contributed by atoms with Crippen LogP contribution >= 0.6 is 0 Å². The van der Waals surface area contributed by atoms with Gasteiger partial charge in [0, 0.05) is 18.5 Å². The molecule has 0 rings (SSSR count). The van der Waals surface area contributed by atoms with Crippen LogP contribution in [0, 0.1) is 5.92 Å². The van der Waals surface area contributed by atoms with Crippen LogP contribution < -0.4 is 5.32 Å². The molecule has 0 saturated heterocycles. The largest absolute Gasteiger partial charge is 0.466 e. The Morgan fingerprint density at radius 2 is 1.58 bits per heavy atom. The lowest BCUT2D eigenvalue weighted by atomic mass is 10.2. The molecule has 0 heterocycles. The topological polar surface area (TPSA) is 119 Å². The zero-order valence-corrected chi connectivity index (χ0v) is 17.2. The summed E-state index contributed by atoms with van der Waals surface area (Å²) in [6.07, 6.45) is -8.31. The molecule has 31 heavy (non-hydrogen) atoms. The number of esters is 1. The van der Waals surface area contributed by atoms with Crippen LogP contribution in [0.15, 0.2) is 12.2 Å². The highest BCUT2D eigenvalue weighted by atomic mass is 32.2. The van der Waals surface area contributed by atoms with Gasteiger partial charge in [-0.25, -0.2) is 4.79 Å². The van der Waals surface area contributed by atoms with Crippen LogP contribution in [-0.2, 0) is 29.2 Å². The van der Waals surface area contributed by atoms with Crippen molar-refractivity contribution >= 4 is 22.0 Å². The quantitative estimate of drug-likeness (QED) is 0.150. The smallest absolute Gasteiger partial charge is 0.412 e. The summed E-state index contributed by atoms with van der Waals surface area (Å²) in [5.74, 6) is -14.6. The van der Waals surface area contributed by atoms with E-state index in [0.29, 0.717) is 0 Å². The van der Waals surface area contributed by atoms with E-state index < -0.39 is 76.2 Å². The number of amides is 1. The molecule has 0 spiro atoms. The van der Waals surface area contributed by atoms with Gasteiger partial charge in [0.15, 0.2) is 0 Å². The fraction of sp³-hybridized carbons (Fsp3) is 0.733. The normalized spacial score (nSPS) is 15.4. The van der Waals surface area contributed by atoms with Crippen molar-refractivity contribution in [2.75, 3.05) is 13.2 Å². The van der Waals surface area contributed by atoms with E-state index in [1.807, 2.05) is 0 Å². The van der Waals surface area contributed by atoms with Gasteiger partial charge in [-0.3, -0.25) is 9.35 Å². The number of halogens is 7. The Morgan fingerprint density at radius 1 is 1.10 bits per heavy atom. The number of carbonyl (C=O) groups excluding carboxylic acids is 2. The molecule has 0 bridgehead atoms. The van der Waals surface area contributed by atoms with Crippen molar-refractivity contribution in [3.8, 4) is 0 Å². The van der Waals surface area contributed by atoms with Gasteiger partial charge in [-0.2, -0.15) is 39.2 Å². The number of ether oxygens (including phenoxy) is 2. The lowest BCUT2D eigenvalue weighted by molar-refractivity contribution is -0.349. The van der Waals surface area contributed by atoms with Gasteiger partial charge < -0.3 is 14.8 Å². The van der Waals surface area contributed by atoms with Crippen molar-refractivity contribution in [2.24, 2.45) is 5.92 Å². The monoisotopic (exact) mass is 491 g/mol. The summed E-state index contributed by atoms with van der Waals surface area (Å²) < 4.78 is 132. The third-order valence-electron chi connectivity index (χ3n) is 3.40. The second kappa shape index (κ2) is 9.68. The minimum absolute atomic E-state index is 0.415. The minimum atomic E-state index is -6.66. The summed E-state index contributed by atoms with van der Waals surface area (Å²) in [6, 6.07) is 0. The summed E-state index contributed by atoms with van der Waals surface area (Å²) >= 11 is 0.